The number of allylic oxidation sites excluding steroid dienone is 24. The van der Waals surface area contributed by atoms with E-state index in [-0.39, 0.29) is 23.4 Å². The first-order chi connectivity index (χ1) is 19.7. The Balaban J connectivity index is 2.65. The van der Waals surface area contributed by atoms with Crippen LogP contribution in [0.3, 0.4) is 0 Å². The molecule has 0 aromatic heterocycles. The molecular formula is C40H52O2. The van der Waals surface area contributed by atoms with Gasteiger partial charge in [-0.1, -0.05) is 145 Å². The fourth-order valence-electron chi connectivity index (χ4n) is 4.36. The van der Waals surface area contributed by atoms with Crippen LogP contribution in [0.4, 0.5) is 0 Å². The second kappa shape index (κ2) is 18.6. The largest absolute Gasteiger partial charge is 0.290 e. The van der Waals surface area contributed by atoms with Crippen LogP contribution >= 0.6 is 0 Å². The van der Waals surface area contributed by atoms with Crippen molar-refractivity contribution in [1.29, 1.82) is 0 Å². The van der Waals surface area contributed by atoms with Gasteiger partial charge in [0.25, 0.3) is 0 Å². The Morgan fingerprint density at radius 3 is 1.62 bits per heavy atom. The standard InChI is InChI=1S/C40H52O2/c1-30(2)17-13-20-33(5)23-15-25-34(6)24-14-21-31(3)18-11-12-19-32(4)22-16-26-35(7)27-28-37-36(8)39(42)38(41)29-40(37,9)10/h11-12,14-19,21-28H,13,20,29H2,1-10H3/b12-11+,21-14+,22-16+,25-15+,28-27+,31-18+,32-19+,33-23+,34-24+,35-26+. The summed E-state index contributed by atoms with van der Waals surface area (Å²) in [6, 6.07) is 0. The summed E-state index contributed by atoms with van der Waals surface area (Å²) in [5.74, 6) is -0.649. The van der Waals surface area contributed by atoms with E-state index < -0.39 is 0 Å². The van der Waals surface area contributed by atoms with Gasteiger partial charge >= 0.3 is 0 Å². The molecular weight excluding hydrogens is 512 g/mol. The van der Waals surface area contributed by atoms with Crippen molar-refractivity contribution < 1.29 is 9.59 Å². The molecule has 0 fully saturated rings. The van der Waals surface area contributed by atoms with Crippen LogP contribution in [0.2, 0.25) is 0 Å². The lowest BCUT2D eigenvalue weighted by Gasteiger charge is -2.31. The van der Waals surface area contributed by atoms with Gasteiger partial charge in [0, 0.05) is 12.0 Å². The van der Waals surface area contributed by atoms with Crippen molar-refractivity contribution in [2.45, 2.75) is 88.5 Å². The van der Waals surface area contributed by atoms with Crippen molar-refractivity contribution in [3.05, 3.63) is 142 Å². The molecule has 0 saturated heterocycles. The third-order valence-electron chi connectivity index (χ3n) is 6.94. The van der Waals surface area contributed by atoms with Crippen LogP contribution in [0.1, 0.15) is 88.5 Å². The molecule has 0 atom stereocenters. The zero-order valence-corrected chi connectivity index (χ0v) is 27.7. The molecule has 42 heavy (non-hydrogen) atoms. The lowest BCUT2D eigenvalue weighted by Crippen LogP contribution is -2.32. The molecule has 0 aromatic carbocycles. The van der Waals surface area contributed by atoms with Crippen LogP contribution in [0, 0.1) is 5.41 Å². The van der Waals surface area contributed by atoms with E-state index in [0.717, 1.165) is 29.6 Å². The predicted octanol–water partition coefficient (Wildman–Crippen LogP) is 11.1. The molecule has 0 bridgehead atoms. The predicted molar refractivity (Wildman–Crippen MR) is 184 cm³/mol. The molecule has 0 radical (unpaired) electrons. The first kappa shape index (κ1) is 36.2. The van der Waals surface area contributed by atoms with Crippen molar-refractivity contribution in [3.8, 4) is 0 Å². The van der Waals surface area contributed by atoms with E-state index in [4.69, 9.17) is 0 Å². The SMILES string of the molecule is CC(C)=CCC/C(C)=C/C=C/C(C)=C/C=C/C(C)=C/C=C/C=C(C)/C=C/C=C(C)/C=C/C1=C(C)C(=O)C(=O)CC1(C)C. The summed E-state index contributed by atoms with van der Waals surface area (Å²) in [4.78, 5) is 24.1. The highest BCUT2D eigenvalue weighted by Crippen LogP contribution is 2.38. The lowest BCUT2D eigenvalue weighted by molar-refractivity contribution is -0.136. The molecule has 0 N–H and O–H groups in total. The molecule has 0 saturated carbocycles. The second-order valence-corrected chi connectivity index (χ2v) is 12.1. The smallest absolute Gasteiger partial charge is 0.224 e. The van der Waals surface area contributed by atoms with Gasteiger partial charge in [0.05, 0.1) is 0 Å². The summed E-state index contributed by atoms with van der Waals surface area (Å²) in [6.07, 6.45) is 35.9. The van der Waals surface area contributed by atoms with Gasteiger partial charge in [-0.25, -0.2) is 0 Å². The van der Waals surface area contributed by atoms with E-state index in [1.165, 1.54) is 22.3 Å². The number of carbonyl (C=O) groups excluding carboxylic acids is 2. The maximum atomic E-state index is 12.1. The Bertz CT molecular complexity index is 1340. The molecule has 1 aliphatic rings. The van der Waals surface area contributed by atoms with E-state index >= 15 is 0 Å². The number of hydrogen-bond acceptors (Lipinski definition) is 2. The fourth-order valence-corrected chi connectivity index (χ4v) is 4.36. The third-order valence-corrected chi connectivity index (χ3v) is 6.94. The van der Waals surface area contributed by atoms with Crippen LogP contribution in [0.15, 0.2) is 142 Å². The third kappa shape index (κ3) is 14.7. The van der Waals surface area contributed by atoms with E-state index in [2.05, 4.69) is 102 Å². The van der Waals surface area contributed by atoms with E-state index in [9.17, 15) is 9.59 Å². The normalized spacial score (nSPS) is 18.3. The van der Waals surface area contributed by atoms with Crippen LogP contribution < -0.4 is 0 Å². The van der Waals surface area contributed by atoms with Gasteiger partial charge in [0.15, 0.2) is 0 Å². The molecule has 0 amide bonds. The van der Waals surface area contributed by atoms with Crippen molar-refractivity contribution in [2.75, 3.05) is 0 Å². The highest BCUT2D eigenvalue weighted by atomic mass is 16.2. The quantitative estimate of drug-likeness (QED) is 0.127. The molecule has 0 spiro atoms. The van der Waals surface area contributed by atoms with Gasteiger partial charge in [-0.2, -0.15) is 0 Å². The Kier molecular flexibility index (Phi) is 16.1. The minimum atomic E-state index is -0.356. The number of Topliss-reactive ketones (excluding diaryl/α,β-unsaturated/α-hetero) is 2. The maximum Gasteiger partial charge on any atom is 0.224 e. The lowest BCUT2D eigenvalue weighted by atomic mass is 9.71. The Morgan fingerprint density at radius 2 is 1.12 bits per heavy atom. The van der Waals surface area contributed by atoms with E-state index in [1.807, 2.05) is 57.2 Å². The molecule has 1 rings (SSSR count). The summed E-state index contributed by atoms with van der Waals surface area (Å²) in [5.41, 5.74) is 8.55. The minimum absolute atomic E-state index is 0.262. The molecule has 224 valence electrons. The van der Waals surface area contributed by atoms with E-state index in [1.54, 1.807) is 6.92 Å². The fraction of sp³-hybridized carbons (Fsp3) is 0.350. The van der Waals surface area contributed by atoms with Crippen molar-refractivity contribution >= 4 is 11.6 Å². The van der Waals surface area contributed by atoms with Gasteiger partial charge in [-0.15, -0.1) is 0 Å². The first-order valence-electron chi connectivity index (χ1n) is 14.9. The molecule has 1 aliphatic carbocycles. The van der Waals surface area contributed by atoms with Crippen LogP contribution in [0.5, 0.6) is 0 Å². The van der Waals surface area contributed by atoms with Gasteiger partial charge in [0.1, 0.15) is 0 Å². The van der Waals surface area contributed by atoms with Crippen LogP contribution in [-0.4, -0.2) is 11.6 Å². The van der Waals surface area contributed by atoms with Crippen LogP contribution in [-0.2, 0) is 9.59 Å². The number of rotatable bonds is 13. The van der Waals surface area contributed by atoms with Crippen LogP contribution in [0.25, 0.3) is 0 Å². The maximum absolute atomic E-state index is 12.1. The topological polar surface area (TPSA) is 34.1 Å². The Morgan fingerprint density at radius 1 is 0.667 bits per heavy atom. The van der Waals surface area contributed by atoms with Crippen molar-refractivity contribution in [3.63, 3.8) is 0 Å². The summed E-state index contributed by atoms with van der Waals surface area (Å²) in [7, 11) is 0. The number of ketones is 2. The second-order valence-electron chi connectivity index (χ2n) is 12.1. The summed E-state index contributed by atoms with van der Waals surface area (Å²) < 4.78 is 0. The monoisotopic (exact) mass is 564 g/mol. The number of carbonyl (C=O) groups is 2. The molecule has 2 nitrogen and oxygen atoms in total. The minimum Gasteiger partial charge on any atom is -0.290 e. The Hall–Kier alpha value is -3.78. The summed E-state index contributed by atoms with van der Waals surface area (Å²) in [5, 5.41) is 0. The molecule has 0 heterocycles. The van der Waals surface area contributed by atoms with Crippen molar-refractivity contribution in [2.24, 2.45) is 5.41 Å². The van der Waals surface area contributed by atoms with Gasteiger partial charge in [-0.05, 0) is 79.2 Å². The van der Waals surface area contributed by atoms with E-state index in [0.29, 0.717) is 5.57 Å². The molecule has 0 unspecified atom stereocenters. The highest BCUT2D eigenvalue weighted by Gasteiger charge is 2.36. The van der Waals surface area contributed by atoms with Gasteiger partial charge in [-0.3, -0.25) is 9.59 Å². The highest BCUT2D eigenvalue weighted by molar-refractivity contribution is 6.44. The summed E-state index contributed by atoms with van der Waals surface area (Å²) in [6.45, 7) is 20.5. The first-order valence-corrected chi connectivity index (χ1v) is 14.9. The van der Waals surface area contributed by atoms with Gasteiger partial charge in [0.2, 0.25) is 11.6 Å². The van der Waals surface area contributed by atoms with Crippen molar-refractivity contribution in [1.82, 2.24) is 0 Å². The zero-order chi connectivity index (χ0) is 31.7. The molecule has 2 heteroatoms. The average Bonchev–Trinajstić information content (AvgIpc) is 2.89. The molecule has 0 aliphatic heterocycles. The zero-order valence-electron chi connectivity index (χ0n) is 27.7. The van der Waals surface area contributed by atoms with Gasteiger partial charge < -0.3 is 0 Å². The molecule has 0 aromatic rings. The number of hydrogen-bond donors (Lipinski definition) is 0. The Labute approximate surface area is 256 Å². The average molecular weight is 565 g/mol. The summed E-state index contributed by atoms with van der Waals surface area (Å²) >= 11 is 0.